The second-order valence-corrected chi connectivity index (χ2v) is 7.96. The van der Waals surface area contributed by atoms with Crippen molar-refractivity contribution in [2.24, 2.45) is 11.7 Å². The maximum atomic E-state index is 12.7. The van der Waals surface area contributed by atoms with Crippen LogP contribution in [0.15, 0.2) is 23.1 Å². The molecule has 1 unspecified atom stereocenters. The summed E-state index contributed by atoms with van der Waals surface area (Å²) < 4.78 is 31.4. The van der Waals surface area contributed by atoms with Gasteiger partial charge in [-0.3, -0.25) is 0 Å². The highest BCUT2D eigenvalue weighted by atomic mass is 32.2. The van der Waals surface area contributed by atoms with Crippen molar-refractivity contribution in [3.63, 3.8) is 0 Å². The third-order valence-electron chi connectivity index (χ3n) is 4.01. The fraction of sp³-hybridized carbons (Fsp3) is 0.562. The van der Waals surface area contributed by atoms with E-state index in [2.05, 4.69) is 4.74 Å². The van der Waals surface area contributed by atoms with Crippen LogP contribution in [0.5, 0.6) is 0 Å². The standard InChI is InChI=1S/C16H26N2O4S/c1-11(2)14(17)9-10-18(4)23(20,21)15-8-6-7-13(12(15)3)16(19)22-5/h6-8,11,14H,9-10,17H2,1-5H3. The summed E-state index contributed by atoms with van der Waals surface area (Å²) in [7, 11) is -0.899. The van der Waals surface area contributed by atoms with E-state index in [9.17, 15) is 13.2 Å². The number of sulfonamides is 1. The fourth-order valence-corrected chi connectivity index (χ4v) is 3.61. The molecule has 6 nitrogen and oxygen atoms in total. The first-order valence-corrected chi connectivity index (χ1v) is 8.96. The van der Waals surface area contributed by atoms with Crippen molar-refractivity contribution in [1.29, 1.82) is 0 Å². The SMILES string of the molecule is COC(=O)c1cccc(S(=O)(=O)N(C)CCC(N)C(C)C)c1C. The highest BCUT2D eigenvalue weighted by Crippen LogP contribution is 2.23. The maximum absolute atomic E-state index is 12.7. The van der Waals surface area contributed by atoms with Crippen LogP contribution in [-0.2, 0) is 14.8 Å². The fourth-order valence-electron chi connectivity index (χ4n) is 2.18. The van der Waals surface area contributed by atoms with Gasteiger partial charge in [-0.25, -0.2) is 17.5 Å². The summed E-state index contributed by atoms with van der Waals surface area (Å²) >= 11 is 0. The van der Waals surface area contributed by atoms with Gasteiger partial charge in [0.25, 0.3) is 0 Å². The number of nitrogens with two attached hydrogens (primary N) is 1. The molecule has 1 aromatic rings. The van der Waals surface area contributed by atoms with Crippen LogP contribution in [0.4, 0.5) is 0 Å². The Morgan fingerprint density at radius 1 is 1.35 bits per heavy atom. The van der Waals surface area contributed by atoms with Crippen LogP contribution in [0.25, 0.3) is 0 Å². The molecule has 1 rings (SSSR count). The van der Waals surface area contributed by atoms with Crippen molar-refractivity contribution in [1.82, 2.24) is 4.31 Å². The first-order chi connectivity index (χ1) is 10.6. The van der Waals surface area contributed by atoms with Gasteiger partial charge in [-0.2, -0.15) is 0 Å². The van der Waals surface area contributed by atoms with Crippen LogP contribution < -0.4 is 5.73 Å². The number of hydrogen-bond donors (Lipinski definition) is 1. The average molecular weight is 342 g/mol. The summed E-state index contributed by atoms with van der Waals surface area (Å²) in [4.78, 5) is 11.8. The number of benzene rings is 1. The summed E-state index contributed by atoms with van der Waals surface area (Å²) in [6, 6.07) is 4.53. The molecule has 1 aromatic carbocycles. The third kappa shape index (κ3) is 4.53. The molecule has 0 aromatic heterocycles. The second kappa shape index (κ2) is 7.90. The lowest BCUT2D eigenvalue weighted by molar-refractivity contribution is 0.0599. The predicted molar refractivity (Wildman–Crippen MR) is 89.8 cm³/mol. The maximum Gasteiger partial charge on any atom is 0.338 e. The van der Waals surface area contributed by atoms with E-state index in [4.69, 9.17) is 5.73 Å². The van der Waals surface area contributed by atoms with Crippen LogP contribution >= 0.6 is 0 Å². The van der Waals surface area contributed by atoms with Gasteiger partial charge in [0.2, 0.25) is 10.0 Å². The molecule has 0 heterocycles. The number of carbonyl (C=O) groups is 1. The lowest BCUT2D eigenvalue weighted by atomic mass is 10.0. The zero-order valence-corrected chi connectivity index (χ0v) is 15.2. The number of carbonyl (C=O) groups excluding carboxylic acids is 1. The smallest absolute Gasteiger partial charge is 0.338 e. The molecule has 0 radical (unpaired) electrons. The minimum atomic E-state index is -3.69. The van der Waals surface area contributed by atoms with Gasteiger partial charge in [0, 0.05) is 19.6 Å². The molecular weight excluding hydrogens is 316 g/mol. The molecule has 0 saturated carbocycles. The Balaban J connectivity index is 3.07. The van der Waals surface area contributed by atoms with Gasteiger partial charge in [-0.1, -0.05) is 19.9 Å². The first kappa shape index (κ1) is 19.6. The second-order valence-electron chi connectivity index (χ2n) is 5.94. The van der Waals surface area contributed by atoms with E-state index in [0.29, 0.717) is 18.5 Å². The van der Waals surface area contributed by atoms with Gasteiger partial charge < -0.3 is 10.5 Å². The quantitative estimate of drug-likeness (QED) is 0.763. The van der Waals surface area contributed by atoms with Crippen LogP contribution in [0.1, 0.15) is 36.2 Å². The molecule has 23 heavy (non-hydrogen) atoms. The van der Waals surface area contributed by atoms with E-state index in [1.165, 1.54) is 24.5 Å². The van der Waals surface area contributed by atoms with Gasteiger partial charge in [0.15, 0.2) is 0 Å². The Morgan fingerprint density at radius 2 is 1.96 bits per heavy atom. The summed E-state index contributed by atoms with van der Waals surface area (Å²) in [6.45, 7) is 5.93. The van der Waals surface area contributed by atoms with Crippen molar-refractivity contribution in [3.05, 3.63) is 29.3 Å². The molecular formula is C16H26N2O4S. The molecule has 0 aliphatic heterocycles. The molecule has 7 heteroatoms. The molecule has 0 spiro atoms. The van der Waals surface area contributed by atoms with E-state index >= 15 is 0 Å². The molecule has 0 bridgehead atoms. The van der Waals surface area contributed by atoms with Crippen LogP contribution in [0, 0.1) is 12.8 Å². The number of methoxy groups -OCH3 is 1. The highest BCUT2D eigenvalue weighted by Gasteiger charge is 2.25. The Labute approximate surface area is 138 Å². The summed E-state index contributed by atoms with van der Waals surface area (Å²) in [6.07, 6.45) is 0.573. The van der Waals surface area contributed by atoms with Gasteiger partial charge in [-0.05, 0) is 37.0 Å². The number of hydrogen-bond acceptors (Lipinski definition) is 5. The number of rotatable bonds is 7. The number of ether oxygens (including phenoxy) is 1. The Hall–Kier alpha value is -1.44. The Bertz CT molecular complexity index is 656. The van der Waals surface area contributed by atoms with E-state index in [1.807, 2.05) is 13.8 Å². The number of esters is 1. The molecule has 0 fully saturated rings. The van der Waals surface area contributed by atoms with Crippen molar-refractivity contribution in [2.45, 2.75) is 38.1 Å². The van der Waals surface area contributed by atoms with E-state index in [1.54, 1.807) is 19.1 Å². The normalized spacial score (nSPS) is 13.4. The summed E-state index contributed by atoms with van der Waals surface area (Å²) in [5.41, 5.74) is 6.61. The average Bonchev–Trinajstić information content (AvgIpc) is 2.51. The topological polar surface area (TPSA) is 89.7 Å². The zero-order valence-electron chi connectivity index (χ0n) is 14.4. The minimum absolute atomic E-state index is 0.0600. The molecule has 0 aliphatic carbocycles. The number of nitrogens with zero attached hydrogens (tertiary/aromatic N) is 1. The Kier molecular flexibility index (Phi) is 6.73. The Morgan fingerprint density at radius 3 is 2.48 bits per heavy atom. The summed E-state index contributed by atoms with van der Waals surface area (Å²) in [5, 5.41) is 0. The lowest BCUT2D eigenvalue weighted by Crippen LogP contribution is -2.35. The van der Waals surface area contributed by atoms with Gasteiger partial charge in [-0.15, -0.1) is 0 Å². The van der Waals surface area contributed by atoms with Crippen molar-refractivity contribution in [3.8, 4) is 0 Å². The molecule has 1 atom stereocenters. The lowest BCUT2D eigenvalue weighted by Gasteiger charge is -2.22. The third-order valence-corrected chi connectivity index (χ3v) is 6.01. The van der Waals surface area contributed by atoms with Crippen molar-refractivity contribution in [2.75, 3.05) is 20.7 Å². The largest absolute Gasteiger partial charge is 0.465 e. The van der Waals surface area contributed by atoms with Crippen LogP contribution in [-0.4, -0.2) is 45.4 Å². The molecule has 130 valence electrons. The first-order valence-electron chi connectivity index (χ1n) is 7.52. The van der Waals surface area contributed by atoms with E-state index < -0.39 is 16.0 Å². The van der Waals surface area contributed by atoms with Gasteiger partial charge >= 0.3 is 5.97 Å². The predicted octanol–water partition coefficient (Wildman–Crippen LogP) is 1.78. The monoisotopic (exact) mass is 342 g/mol. The van der Waals surface area contributed by atoms with Crippen LogP contribution in [0.3, 0.4) is 0 Å². The molecule has 0 saturated heterocycles. The highest BCUT2D eigenvalue weighted by molar-refractivity contribution is 7.89. The molecule has 0 amide bonds. The summed E-state index contributed by atoms with van der Waals surface area (Å²) in [5.74, 6) is -0.264. The minimum Gasteiger partial charge on any atom is -0.465 e. The van der Waals surface area contributed by atoms with Crippen molar-refractivity contribution < 1.29 is 17.9 Å². The zero-order chi connectivity index (χ0) is 17.8. The van der Waals surface area contributed by atoms with Gasteiger partial charge in [0.1, 0.15) is 0 Å². The van der Waals surface area contributed by atoms with E-state index in [0.717, 1.165) is 0 Å². The molecule has 2 N–H and O–H groups in total. The molecule has 0 aliphatic rings. The van der Waals surface area contributed by atoms with E-state index in [-0.39, 0.29) is 22.4 Å². The van der Waals surface area contributed by atoms with Crippen molar-refractivity contribution >= 4 is 16.0 Å². The van der Waals surface area contributed by atoms with Gasteiger partial charge in [0.05, 0.1) is 17.6 Å². The van der Waals surface area contributed by atoms with Crippen LogP contribution in [0.2, 0.25) is 0 Å².